The highest BCUT2D eigenvalue weighted by Crippen LogP contribution is 2.43. The van der Waals surface area contributed by atoms with E-state index in [0.29, 0.717) is 25.5 Å². The van der Waals surface area contributed by atoms with Crippen molar-refractivity contribution >= 4 is 15.9 Å². The van der Waals surface area contributed by atoms with E-state index in [1.165, 1.54) is 0 Å². The molecule has 0 amide bonds. The van der Waals surface area contributed by atoms with Crippen LogP contribution in [0.25, 0.3) is 0 Å². The largest absolute Gasteiger partial charge is 0.486 e. The van der Waals surface area contributed by atoms with Gasteiger partial charge in [-0.3, -0.25) is 0 Å². The number of aliphatic hydroxyl groups is 1. The Hall–Kier alpha value is -0.780. The van der Waals surface area contributed by atoms with Gasteiger partial charge in [0.2, 0.25) is 0 Å². The fourth-order valence-electron chi connectivity index (χ4n) is 1.99. The number of aryl methyl sites for hydroxylation is 1. The molecule has 0 bridgehead atoms. The van der Waals surface area contributed by atoms with Crippen LogP contribution >= 0.6 is 15.9 Å². The summed E-state index contributed by atoms with van der Waals surface area (Å²) < 4.78 is 11.9. The monoisotopic (exact) mass is 301 g/mol. The Morgan fingerprint density at radius 1 is 1.47 bits per heavy atom. The molecule has 0 radical (unpaired) electrons. The average molecular weight is 302 g/mol. The Morgan fingerprint density at radius 3 is 2.88 bits per heavy atom. The van der Waals surface area contributed by atoms with E-state index >= 15 is 0 Å². The number of aliphatic hydroxyl groups excluding tert-OH is 1. The van der Waals surface area contributed by atoms with Crippen LogP contribution in [0.1, 0.15) is 17.2 Å². The fraction of sp³-hybridized carbons (Fsp3) is 0.500. The van der Waals surface area contributed by atoms with Gasteiger partial charge in [0.1, 0.15) is 13.2 Å². The lowest BCUT2D eigenvalue weighted by atomic mass is 10.0. The van der Waals surface area contributed by atoms with Crippen LogP contribution in [-0.2, 0) is 0 Å². The first-order valence-electron chi connectivity index (χ1n) is 5.56. The molecule has 5 heteroatoms. The third-order valence-electron chi connectivity index (χ3n) is 2.75. The van der Waals surface area contributed by atoms with Crippen LogP contribution in [0.2, 0.25) is 0 Å². The molecule has 94 valence electrons. The topological polar surface area (TPSA) is 50.7 Å². The van der Waals surface area contributed by atoms with Crippen molar-refractivity contribution in [1.29, 1.82) is 0 Å². The first kappa shape index (κ1) is 12.7. The van der Waals surface area contributed by atoms with Crippen molar-refractivity contribution in [3.8, 4) is 11.5 Å². The number of rotatable bonds is 3. The van der Waals surface area contributed by atoms with Gasteiger partial charge < -0.3 is 19.9 Å². The summed E-state index contributed by atoms with van der Waals surface area (Å²) in [6, 6.07) is 1.91. The molecule has 2 N–H and O–H groups in total. The van der Waals surface area contributed by atoms with Crippen LogP contribution in [-0.4, -0.2) is 31.9 Å². The number of hydrogen-bond acceptors (Lipinski definition) is 4. The summed E-state index contributed by atoms with van der Waals surface area (Å²) >= 11 is 3.50. The number of halogens is 1. The molecule has 1 heterocycles. The number of nitrogens with one attached hydrogen (secondary N) is 1. The second kappa shape index (κ2) is 5.25. The van der Waals surface area contributed by atoms with Crippen LogP contribution in [0.15, 0.2) is 10.5 Å². The predicted octanol–water partition coefficient (Wildman–Crippen LogP) is 1.78. The lowest BCUT2D eigenvalue weighted by molar-refractivity contribution is 0.162. The van der Waals surface area contributed by atoms with Gasteiger partial charge in [0.15, 0.2) is 11.5 Å². The minimum Gasteiger partial charge on any atom is -0.486 e. The average Bonchev–Trinajstić information content (AvgIpc) is 2.29. The second-order valence-electron chi connectivity index (χ2n) is 4.02. The van der Waals surface area contributed by atoms with E-state index in [1.807, 2.05) is 20.0 Å². The van der Waals surface area contributed by atoms with Crippen LogP contribution < -0.4 is 14.8 Å². The van der Waals surface area contributed by atoms with Crippen LogP contribution in [0, 0.1) is 6.92 Å². The van der Waals surface area contributed by atoms with E-state index in [9.17, 15) is 5.11 Å². The Morgan fingerprint density at radius 2 is 2.18 bits per heavy atom. The van der Waals surface area contributed by atoms with Crippen molar-refractivity contribution in [2.24, 2.45) is 0 Å². The van der Waals surface area contributed by atoms with Crippen molar-refractivity contribution in [1.82, 2.24) is 5.32 Å². The molecule has 1 aromatic carbocycles. The molecule has 1 aliphatic rings. The normalized spacial score (nSPS) is 15.8. The van der Waals surface area contributed by atoms with E-state index in [-0.39, 0.29) is 0 Å². The zero-order valence-corrected chi connectivity index (χ0v) is 11.5. The number of ether oxygens (including phenoxy) is 2. The van der Waals surface area contributed by atoms with Gasteiger partial charge in [-0.1, -0.05) is 0 Å². The summed E-state index contributed by atoms with van der Waals surface area (Å²) in [5.41, 5.74) is 1.84. The molecule has 0 saturated carbocycles. The van der Waals surface area contributed by atoms with Gasteiger partial charge >= 0.3 is 0 Å². The summed E-state index contributed by atoms with van der Waals surface area (Å²) in [6.07, 6.45) is -0.565. The smallest absolute Gasteiger partial charge is 0.175 e. The summed E-state index contributed by atoms with van der Waals surface area (Å²) in [5.74, 6) is 1.42. The van der Waals surface area contributed by atoms with Crippen LogP contribution in [0.5, 0.6) is 11.5 Å². The number of fused-ring (bicyclic) bond motifs is 1. The lowest BCUT2D eigenvalue weighted by Gasteiger charge is -2.24. The first-order valence-corrected chi connectivity index (χ1v) is 6.35. The molecule has 0 spiro atoms. The molecule has 1 unspecified atom stereocenters. The van der Waals surface area contributed by atoms with Crippen molar-refractivity contribution in [2.75, 3.05) is 26.8 Å². The number of likely N-dealkylation sites (N-methyl/N-ethyl adjacent to an activating group) is 1. The first-order chi connectivity index (χ1) is 8.15. The molecule has 4 nitrogen and oxygen atoms in total. The molecule has 0 aromatic heterocycles. The second-order valence-corrected chi connectivity index (χ2v) is 4.81. The predicted molar refractivity (Wildman–Crippen MR) is 68.8 cm³/mol. The highest BCUT2D eigenvalue weighted by Gasteiger charge is 2.23. The standard InChI is InChI=1S/C12H16BrNO3/c1-7-5-9-12(17-4-3-16-9)11(13)10(7)8(15)6-14-2/h5,8,14-15H,3-4,6H2,1-2H3. The third-order valence-corrected chi connectivity index (χ3v) is 3.54. The molecule has 0 fully saturated rings. The maximum Gasteiger partial charge on any atom is 0.175 e. The van der Waals surface area contributed by atoms with Gasteiger partial charge in [-0.2, -0.15) is 0 Å². The molecule has 1 aromatic rings. The van der Waals surface area contributed by atoms with Crippen molar-refractivity contribution in [2.45, 2.75) is 13.0 Å². The minimum absolute atomic E-state index is 0.499. The Labute approximate surface area is 109 Å². The van der Waals surface area contributed by atoms with E-state index in [1.54, 1.807) is 0 Å². The Balaban J connectivity index is 2.45. The minimum atomic E-state index is -0.565. The molecular formula is C12H16BrNO3. The summed E-state index contributed by atoms with van der Waals surface area (Å²) in [7, 11) is 1.81. The quantitative estimate of drug-likeness (QED) is 0.894. The molecule has 2 rings (SSSR count). The molecule has 17 heavy (non-hydrogen) atoms. The van der Waals surface area contributed by atoms with Gasteiger partial charge in [0, 0.05) is 12.1 Å². The van der Waals surface area contributed by atoms with Gasteiger partial charge in [-0.15, -0.1) is 0 Å². The van der Waals surface area contributed by atoms with Crippen LogP contribution in [0.3, 0.4) is 0 Å². The lowest BCUT2D eigenvalue weighted by Crippen LogP contribution is -2.20. The third kappa shape index (κ3) is 2.41. The zero-order valence-electron chi connectivity index (χ0n) is 9.92. The van der Waals surface area contributed by atoms with Crippen molar-refractivity contribution in [3.63, 3.8) is 0 Å². The Kier molecular flexibility index (Phi) is 3.91. The molecular weight excluding hydrogens is 286 g/mol. The SMILES string of the molecule is CNCC(O)c1c(C)cc2c(c1Br)OCCO2. The summed E-state index contributed by atoms with van der Waals surface area (Å²) in [6.45, 7) is 3.56. The van der Waals surface area contributed by atoms with Gasteiger partial charge in [0.25, 0.3) is 0 Å². The summed E-state index contributed by atoms with van der Waals surface area (Å²) in [4.78, 5) is 0. The van der Waals surface area contributed by atoms with Gasteiger partial charge in [0.05, 0.1) is 10.6 Å². The zero-order chi connectivity index (χ0) is 12.4. The van der Waals surface area contributed by atoms with Gasteiger partial charge in [-0.05, 0) is 41.5 Å². The van der Waals surface area contributed by atoms with E-state index in [0.717, 1.165) is 21.3 Å². The fourth-order valence-corrected chi connectivity index (χ4v) is 2.87. The Bertz CT molecular complexity index is 423. The highest BCUT2D eigenvalue weighted by atomic mass is 79.9. The van der Waals surface area contributed by atoms with E-state index < -0.39 is 6.10 Å². The van der Waals surface area contributed by atoms with Gasteiger partial charge in [-0.25, -0.2) is 0 Å². The molecule has 0 aliphatic carbocycles. The highest BCUT2D eigenvalue weighted by molar-refractivity contribution is 9.10. The number of hydrogen-bond donors (Lipinski definition) is 2. The molecule has 1 aliphatic heterocycles. The maximum atomic E-state index is 10.1. The summed E-state index contributed by atoms with van der Waals surface area (Å²) in [5, 5.41) is 13.1. The van der Waals surface area contributed by atoms with E-state index in [2.05, 4.69) is 21.2 Å². The number of benzene rings is 1. The van der Waals surface area contributed by atoms with Crippen molar-refractivity contribution in [3.05, 3.63) is 21.7 Å². The molecule has 0 saturated heterocycles. The van der Waals surface area contributed by atoms with Crippen molar-refractivity contribution < 1.29 is 14.6 Å². The maximum absolute atomic E-state index is 10.1. The van der Waals surface area contributed by atoms with Crippen LogP contribution in [0.4, 0.5) is 0 Å². The van der Waals surface area contributed by atoms with E-state index in [4.69, 9.17) is 9.47 Å². The molecule has 1 atom stereocenters.